The van der Waals surface area contributed by atoms with Gasteiger partial charge in [-0.1, -0.05) is 0 Å². The fourth-order valence-electron chi connectivity index (χ4n) is 2.00. The Morgan fingerprint density at radius 1 is 1.27 bits per heavy atom. The summed E-state index contributed by atoms with van der Waals surface area (Å²) >= 11 is 1.47. The first-order valence-corrected chi connectivity index (χ1v) is 7.57. The van der Waals surface area contributed by atoms with Gasteiger partial charge in [0.1, 0.15) is 13.2 Å². The SMILES string of the molecule is O=C(COCC1COc2cscc2O1)ON1C(=O)CCC1=O. The van der Waals surface area contributed by atoms with Crippen molar-refractivity contribution in [2.45, 2.75) is 18.9 Å². The predicted octanol–water partition coefficient (Wildman–Crippen LogP) is 0.512. The molecular formula is C13H13NO7S. The number of hydrogen-bond acceptors (Lipinski definition) is 8. The van der Waals surface area contributed by atoms with E-state index < -0.39 is 17.8 Å². The summed E-state index contributed by atoms with van der Waals surface area (Å²) in [6.07, 6.45) is -0.211. The van der Waals surface area contributed by atoms with E-state index in [1.54, 1.807) is 0 Å². The van der Waals surface area contributed by atoms with E-state index in [1.165, 1.54) is 11.3 Å². The first kappa shape index (κ1) is 14.8. The van der Waals surface area contributed by atoms with E-state index in [2.05, 4.69) is 4.84 Å². The number of amides is 2. The third kappa shape index (κ3) is 3.20. The number of fused-ring (bicyclic) bond motifs is 1. The normalized spacial score (nSPS) is 20.4. The molecule has 0 bridgehead atoms. The molecule has 1 saturated heterocycles. The van der Waals surface area contributed by atoms with Gasteiger partial charge in [-0.25, -0.2) is 4.79 Å². The van der Waals surface area contributed by atoms with Crippen LogP contribution in [0.25, 0.3) is 0 Å². The number of hydrogen-bond donors (Lipinski definition) is 0. The van der Waals surface area contributed by atoms with E-state index in [4.69, 9.17) is 14.2 Å². The van der Waals surface area contributed by atoms with E-state index in [1.807, 2.05) is 10.8 Å². The Bertz CT molecular complexity index is 583. The van der Waals surface area contributed by atoms with Crippen molar-refractivity contribution in [1.82, 2.24) is 5.06 Å². The second-order valence-corrected chi connectivity index (χ2v) is 5.45. The topological polar surface area (TPSA) is 91.4 Å². The number of rotatable bonds is 5. The van der Waals surface area contributed by atoms with E-state index in [9.17, 15) is 14.4 Å². The number of carbonyl (C=O) groups is 3. The highest BCUT2D eigenvalue weighted by Gasteiger charge is 2.33. The van der Waals surface area contributed by atoms with E-state index in [-0.39, 0.29) is 32.2 Å². The van der Waals surface area contributed by atoms with Gasteiger partial charge >= 0.3 is 5.97 Å². The minimum Gasteiger partial charge on any atom is -0.485 e. The summed E-state index contributed by atoms with van der Waals surface area (Å²) in [7, 11) is 0. The molecule has 22 heavy (non-hydrogen) atoms. The van der Waals surface area contributed by atoms with E-state index in [0.717, 1.165) is 0 Å². The number of hydroxylamine groups is 2. The number of ether oxygens (including phenoxy) is 3. The number of imide groups is 1. The van der Waals surface area contributed by atoms with Gasteiger partial charge in [-0.15, -0.1) is 16.4 Å². The van der Waals surface area contributed by atoms with Crippen LogP contribution < -0.4 is 9.47 Å². The van der Waals surface area contributed by atoms with E-state index in [0.29, 0.717) is 23.2 Å². The van der Waals surface area contributed by atoms with Crippen LogP contribution in [-0.2, 0) is 24.0 Å². The molecule has 1 atom stereocenters. The largest absolute Gasteiger partial charge is 0.485 e. The highest BCUT2D eigenvalue weighted by atomic mass is 32.1. The van der Waals surface area contributed by atoms with Gasteiger partial charge in [0.2, 0.25) is 0 Å². The molecule has 0 N–H and O–H groups in total. The fraction of sp³-hybridized carbons (Fsp3) is 0.462. The molecule has 0 saturated carbocycles. The lowest BCUT2D eigenvalue weighted by molar-refractivity contribution is -0.200. The average Bonchev–Trinajstić information content (AvgIpc) is 3.08. The van der Waals surface area contributed by atoms with Gasteiger partial charge < -0.3 is 19.0 Å². The molecule has 1 aromatic heterocycles. The van der Waals surface area contributed by atoms with Crippen molar-refractivity contribution in [3.05, 3.63) is 10.8 Å². The molecule has 2 aliphatic heterocycles. The maximum Gasteiger partial charge on any atom is 0.358 e. The van der Waals surface area contributed by atoms with Crippen LogP contribution in [0.5, 0.6) is 11.5 Å². The van der Waals surface area contributed by atoms with Gasteiger partial charge in [0.15, 0.2) is 17.6 Å². The van der Waals surface area contributed by atoms with Crippen molar-refractivity contribution in [2.75, 3.05) is 19.8 Å². The first-order chi connectivity index (χ1) is 10.6. The monoisotopic (exact) mass is 327 g/mol. The Balaban J connectivity index is 1.39. The van der Waals surface area contributed by atoms with Crippen LogP contribution in [-0.4, -0.2) is 48.8 Å². The van der Waals surface area contributed by atoms with Crippen molar-refractivity contribution in [3.8, 4) is 11.5 Å². The Hall–Kier alpha value is -2.13. The van der Waals surface area contributed by atoms with Crippen molar-refractivity contribution in [2.24, 2.45) is 0 Å². The first-order valence-electron chi connectivity index (χ1n) is 6.63. The van der Waals surface area contributed by atoms with Gasteiger partial charge in [-0.2, -0.15) is 0 Å². The molecule has 9 heteroatoms. The molecule has 3 rings (SSSR count). The third-order valence-corrected chi connectivity index (χ3v) is 3.73. The molecular weight excluding hydrogens is 314 g/mol. The van der Waals surface area contributed by atoms with Gasteiger partial charge in [0.25, 0.3) is 11.8 Å². The summed E-state index contributed by atoms with van der Waals surface area (Å²) in [5.74, 6) is -0.497. The lowest BCUT2D eigenvalue weighted by Gasteiger charge is -2.24. The summed E-state index contributed by atoms with van der Waals surface area (Å²) in [5, 5.41) is 4.15. The molecule has 3 heterocycles. The van der Waals surface area contributed by atoms with Crippen molar-refractivity contribution >= 4 is 29.1 Å². The molecule has 0 radical (unpaired) electrons. The van der Waals surface area contributed by atoms with E-state index >= 15 is 0 Å². The summed E-state index contributed by atoms with van der Waals surface area (Å²) in [6.45, 7) is 0.0710. The minimum absolute atomic E-state index is 0.0587. The zero-order valence-electron chi connectivity index (χ0n) is 11.5. The Kier molecular flexibility index (Phi) is 4.25. The number of nitrogens with zero attached hydrogens (tertiary/aromatic N) is 1. The fourth-order valence-corrected chi connectivity index (χ4v) is 2.67. The molecule has 0 aliphatic carbocycles. The quantitative estimate of drug-likeness (QED) is 0.728. The van der Waals surface area contributed by atoms with Crippen LogP contribution in [0.4, 0.5) is 0 Å². The maximum atomic E-state index is 11.5. The highest BCUT2D eigenvalue weighted by Crippen LogP contribution is 2.35. The Morgan fingerprint density at radius 3 is 2.77 bits per heavy atom. The predicted molar refractivity (Wildman–Crippen MR) is 72.2 cm³/mol. The molecule has 2 aliphatic rings. The standard InChI is InChI=1S/C13H13NO7S/c15-11-1-2-12(16)14(11)21-13(17)5-18-3-8-4-19-9-6-22-7-10(9)20-8/h6-8H,1-5H2. The molecule has 1 fully saturated rings. The summed E-state index contributed by atoms with van der Waals surface area (Å²) in [5.41, 5.74) is 0. The van der Waals surface area contributed by atoms with Crippen LogP contribution in [0, 0.1) is 0 Å². The van der Waals surface area contributed by atoms with Crippen LogP contribution in [0.2, 0.25) is 0 Å². The second kappa shape index (κ2) is 6.32. The summed E-state index contributed by atoms with van der Waals surface area (Å²) in [6, 6.07) is 0. The molecule has 2 amide bonds. The van der Waals surface area contributed by atoms with Gasteiger partial charge in [0, 0.05) is 23.6 Å². The van der Waals surface area contributed by atoms with Crippen LogP contribution in [0.1, 0.15) is 12.8 Å². The molecule has 0 aromatic carbocycles. The minimum atomic E-state index is -0.809. The number of thiophene rings is 1. The van der Waals surface area contributed by atoms with Crippen molar-refractivity contribution in [3.63, 3.8) is 0 Å². The molecule has 8 nitrogen and oxygen atoms in total. The zero-order chi connectivity index (χ0) is 15.5. The number of carbonyl (C=O) groups excluding carboxylic acids is 3. The summed E-state index contributed by atoms with van der Waals surface area (Å²) in [4.78, 5) is 38.8. The maximum absolute atomic E-state index is 11.5. The third-order valence-electron chi connectivity index (χ3n) is 3.03. The molecule has 1 aromatic rings. The lowest BCUT2D eigenvalue weighted by atomic mass is 10.3. The average molecular weight is 327 g/mol. The second-order valence-electron chi connectivity index (χ2n) is 4.71. The van der Waals surface area contributed by atoms with Crippen molar-refractivity contribution in [1.29, 1.82) is 0 Å². The molecule has 118 valence electrons. The van der Waals surface area contributed by atoms with Crippen molar-refractivity contribution < 1.29 is 33.4 Å². The highest BCUT2D eigenvalue weighted by molar-refractivity contribution is 7.08. The Labute approximate surface area is 129 Å². The smallest absolute Gasteiger partial charge is 0.358 e. The summed E-state index contributed by atoms with van der Waals surface area (Å²) < 4.78 is 16.3. The lowest BCUT2D eigenvalue weighted by Crippen LogP contribution is -2.36. The Morgan fingerprint density at radius 2 is 2.00 bits per heavy atom. The van der Waals surface area contributed by atoms with Crippen LogP contribution in [0.3, 0.4) is 0 Å². The van der Waals surface area contributed by atoms with Gasteiger partial charge in [-0.05, 0) is 0 Å². The van der Waals surface area contributed by atoms with Gasteiger partial charge in [-0.3, -0.25) is 9.59 Å². The van der Waals surface area contributed by atoms with Crippen LogP contribution in [0.15, 0.2) is 10.8 Å². The van der Waals surface area contributed by atoms with Crippen LogP contribution >= 0.6 is 11.3 Å². The molecule has 1 unspecified atom stereocenters. The van der Waals surface area contributed by atoms with Gasteiger partial charge in [0.05, 0.1) is 6.61 Å². The molecule has 0 spiro atoms. The zero-order valence-corrected chi connectivity index (χ0v) is 12.3.